The van der Waals surface area contributed by atoms with Gasteiger partial charge in [-0.25, -0.2) is 0 Å². The van der Waals surface area contributed by atoms with E-state index in [1.54, 1.807) is 13.8 Å². The highest BCUT2D eigenvalue weighted by molar-refractivity contribution is 5.83. The lowest BCUT2D eigenvalue weighted by molar-refractivity contribution is -0.150. The Morgan fingerprint density at radius 1 is 1.56 bits per heavy atom. The maximum Gasteiger partial charge on any atom is 0.312 e. The van der Waals surface area contributed by atoms with Crippen LogP contribution in [0.5, 0.6) is 0 Å². The van der Waals surface area contributed by atoms with Crippen LogP contribution in [-0.2, 0) is 14.3 Å². The minimum Gasteiger partial charge on any atom is -0.469 e. The molecule has 1 aliphatic heterocycles. The van der Waals surface area contributed by atoms with Crippen molar-refractivity contribution in [1.82, 2.24) is 5.32 Å². The smallest absolute Gasteiger partial charge is 0.312 e. The number of ether oxygens (including phenoxy) is 1. The highest BCUT2D eigenvalue weighted by Crippen LogP contribution is 2.23. The molecule has 0 unspecified atom stereocenters. The third-order valence-corrected chi connectivity index (χ3v) is 2.91. The zero-order chi connectivity index (χ0) is 14.4. The predicted molar refractivity (Wildman–Crippen MR) is 67.4 cm³/mol. The molecule has 0 aliphatic carbocycles. The zero-order valence-corrected chi connectivity index (χ0v) is 11.8. The Morgan fingerprint density at radius 3 is 2.33 bits per heavy atom. The summed E-state index contributed by atoms with van der Waals surface area (Å²) in [6.07, 6.45) is 1.17. The topological polar surface area (TPSA) is 79.2 Å². The monoisotopic (exact) mass is 254 g/mol. The molecule has 0 radical (unpaired) electrons. The summed E-state index contributed by atoms with van der Waals surface area (Å²) in [4.78, 5) is 21.6. The molecule has 1 aliphatic rings. The lowest BCUT2D eigenvalue weighted by atomic mass is 9.90. The molecule has 1 amide bonds. The van der Waals surface area contributed by atoms with Crippen molar-refractivity contribution >= 4 is 11.9 Å². The number of methoxy groups -OCH3 is 1. The normalized spacial score (nSPS) is 17.0. The summed E-state index contributed by atoms with van der Waals surface area (Å²) >= 11 is 0. The summed E-state index contributed by atoms with van der Waals surface area (Å²) < 4.78 is 4.48. The van der Waals surface area contributed by atoms with Gasteiger partial charge in [-0.2, -0.15) is 5.26 Å². The molecular formula is C13H22N2O3. The molecule has 0 saturated carbocycles. The first kappa shape index (κ1) is 16.4. The fourth-order valence-electron chi connectivity index (χ4n) is 1.39. The maximum absolute atomic E-state index is 10.9. The van der Waals surface area contributed by atoms with E-state index in [0.29, 0.717) is 0 Å². The van der Waals surface area contributed by atoms with E-state index in [2.05, 4.69) is 10.1 Å². The van der Waals surface area contributed by atoms with Crippen molar-refractivity contribution in [3.8, 4) is 6.07 Å². The fraction of sp³-hybridized carbons (Fsp3) is 0.769. The largest absolute Gasteiger partial charge is 0.469 e. The van der Waals surface area contributed by atoms with E-state index in [1.165, 1.54) is 7.11 Å². The predicted octanol–water partition coefficient (Wildman–Crippen LogP) is 1.63. The number of esters is 1. The average molecular weight is 254 g/mol. The van der Waals surface area contributed by atoms with Crippen molar-refractivity contribution in [3.63, 3.8) is 0 Å². The number of amides is 1. The molecule has 102 valence electrons. The molecule has 1 saturated heterocycles. The van der Waals surface area contributed by atoms with E-state index in [9.17, 15) is 9.59 Å². The van der Waals surface area contributed by atoms with Gasteiger partial charge in [0.2, 0.25) is 5.91 Å². The van der Waals surface area contributed by atoms with Gasteiger partial charge < -0.3 is 10.1 Å². The second-order valence-electron chi connectivity index (χ2n) is 5.60. The molecule has 0 aromatic heterocycles. The third kappa shape index (κ3) is 4.74. The second kappa shape index (κ2) is 6.39. The number of nitrogens with one attached hydrogen (secondary N) is 1. The molecule has 0 aromatic carbocycles. The van der Waals surface area contributed by atoms with Crippen molar-refractivity contribution in [1.29, 1.82) is 5.26 Å². The van der Waals surface area contributed by atoms with E-state index in [1.807, 2.05) is 19.9 Å². The standard InChI is InChI=1S/C7H11NO2.C6H11NO/c1-7(2,4-5-8)6(9)10-3;1-6(2)3-4-7-5(6)8/h4H2,1-3H3;3-4H2,1-2H3,(H,7,8). The Morgan fingerprint density at radius 2 is 2.11 bits per heavy atom. The van der Waals surface area contributed by atoms with Crippen LogP contribution in [0, 0.1) is 22.2 Å². The minimum atomic E-state index is -0.663. The Bertz CT molecular complexity index is 354. The SMILES string of the molecule is CC1(C)CCNC1=O.COC(=O)C(C)(C)CC#N. The first-order chi connectivity index (χ1) is 8.17. The summed E-state index contributed by atoms with van der Waals surface area (Å²) in [5.74, 6) is -0.147. The number of carbonyl (C=O) groups is 2. The van der Waals surface area contributed by atoms with Gasteiger partial charge >= 0.3 is 5.97 Å². The first-order valence-electron chi connectivity index (χ1n) is 5.91. The van der Waals surface area contributed by atoms with Gasteiger partial charge in [0, 0.05) is 12.0 Å². The second-order valence-corrected chi connectivity index (χ2v) is 5.60. The van der Waals surface area contributed by atoms with Crippen molar-refractivity contribution in [3.05, 3.63) is 0 Å². The molecule has 1 rings (SSSR count). The Labute approximate surface area is 108 Å². The van der Waals surface area contributed by atoms with E-state index >= 15 is 0 Å². The Hall–Kier alpha value is -1.57. The quantitative estimate of drug-likeness (QED) is 0.760. The van der Waals surface area contributed by atoms with Crippen LogP contribution in [-0.4, -0.2) is 25.5 Å². The van der Waals surface area contributed by atoms with Crippen molar-refractivity contribution in [2.75, 3.05) is 13.7 Å². The van der Waals surface area contributed by atoms with Crippen LogP contribution in [0.15, 0.2) is 0 Å². The van der Waals surface area contributed by atoms with Crippen LogP contribution >= 0.6 is 0 Å². The summed E-state index contributed by atoms with van der Waals surface area (Å²) in [5, 5.41) is 11.1. The van der Waals surface area contributed by atoms with Crippen LogP contribution in [0.2, 0.25) is 0 Å². The zero-order valence-electron chi connectivity index (χ0n) is 11.8. The molecule has 5 heteroatoms. The molecule has 0 atom stereocenters. The number of nitriles is 1. The van der Waals surface area contributed by atoms with E-state index < -0.39 is 5.41 Å². The van der Waals surface area contributed by atoms with Gasteiger partial charge in [-0.1, -0.05) is 13.8 Å². The molecule has 1 fully saturated rings. The molecule has 0 aromatic rings. The number of rotatable bonds is 2. The lowest BCUT2D eigenvalue weighted by Gasteiger charge is -2.16. The number of hydrogen-bond donors (Lipinski definition) is 1. The summed E-state index contributed by atoms with van der Waals surface area (Å²) in [6, 6.07) is 1.92. The van der Waals surface area contributed by atoms with Gasteiger partial charge in [0.15, 0.2) is 0 Å². The maximum atomic E-state index is 10.9. The molecule has 0 bridgehead atoms. The average Bonchev–Trinajstić information content (AvgIpc) is 2.57. The third-order valence-electron chi connectivity index (χ3n) is 2.91. The van der Waals surface area contributed by atoms with Gasteiger partial charge in [0.25, 0.3) is 0 Å². The first-order valence-corrected chi connectivity index (χ1v) is 5.91. The van der Waals surface area contributed by atoms with Crippen LogP contribution in [0.3, 0.4) is 0 Å². The van der Waals surface area contributed by atoms with Gasteiger partial charge in [-0.3, -0.25) is 9.59 Å². The van der Waals surface area contributed by atoms with E-state index in [-0.39, 0.29) is 23.7 Å². The summed E-state index contributed by atoms with van der Waals surface area (Å²) in [6.45, 7) is 8.15. The van der Waals surface area contributed by atoms with Crippen molar-refractivity contribution in [2.45, 2.75) is 40.5 Å². The van der Waals surface area contributed by atoms with Gasteiger partial charge in [0.05, 0.1) is 25.0 Å². The molecule has 5 nitrogen and oxygen atoms in total. The highest BCUT2D eigenvalue weighted by atomic mass is 16.5. The lowest BCUT2D eigenvalue weighted by Crippen LogP contribution is -2.24. The summed E-state index contributed by atoms with van der Waals surface area (Å²) in [7, 11) is 1.32. The van der Waals surface area contributed by atoms with E-state index in [4.69, 9.17) is 5.26 Å². The van der Waals surface area contributed by atoms with Crippen molar-refractivity contribution in [2.24, 2.45) is 10.8 Å². The van der Waals surface area contributed by atoms with E-state index in [0.717, 1.165) is 13.0 Å². The molecule has 0 spiro atoms. The van der Waals surface area contributed by atoms with Crippen LogP contribution in [0.25, 0.3) is 0 Å². The van der Waals surface area contributed by atoms with Gasteiger partial charge in [-0.15, -0.1) is 0 Å². The molecule has 1 N–H and O–H groups in total. The van der Waals surface area contributed by atoms with Crippen LogP contribution in [0.4, 0.5) is 0 Å². The fourth-order valence-corrected chi connectivity index (χ4v) is 1.39. The van der Waals surface area contributed by atoms with Gasteiger partial charge in [0.1, 0.15) is 0 Å². The number of hydrogen-bond acceptors (Lipinski definition) is 4. The minimum absolute atomic E-state index is 0.0972. The number of nitrogens with zero attached hydrogens (tertiary/aromatic N) is 1. The van der Waals surface area contributed by atoms with Gasteiger partial charge in [-0.05, 0) is 20.3 Å². The Kier molecular flexibility index (Phi) is 5.83. The highest BCUT2D eigenvalue weighted by Gasteiger charge is 2.31. The number of carbonyl (C=O) groups excluding carboxylic acids is 2. The van der Waals surface area contributed by atoms with Crippen molar-refractivity contribution < 1.29 is 14.3 Å². The molecule has 1 heterocycles. The molecular weight excluding hydrogens is 232 g/mol. The summed E-state index contributed by atoms with van der Waals surface area (Å²) in [5.41, 5.74) is -0.760. The van der Waals surface area contributed by atoms with Crippen LogP contribution < -0.4 is 5.32 Å². The van der Waals surface area contributed by atoms with Crippen LogP contribution in [0.1, 0.15) is 40.5 Å². The Balaban J connectivity index is 0.000000327. The molecule has 18 heavy (non-hydrogen) atoms.